The van der Waals surface area contributed by atoms with Gasteiger partial charge in [-0.05, 0) is 67.3 Å². The highest BCUT2D eigenvalue weighted by Crippen LogP contribution is 2.54. The van der Waals surface area contributed by atoms with Gasteiger partial charge in [-0.15, -0.1) is 0 Å². The Kier molecular flexibility index (Phi) is 5.41. The molecule has 2 aliphatic rings. The minimum absolute atomic E-state index is 0.145. The first-order chi connectivity index (χ1) is 15.8. The highest BCUT2D eigenvalue weighted by atomic mass is 19.1. The number of hydrogen-bond donors (Lipinski definition) is 1. The molecule has 2 heterocycles. The summed E-state index contributed by atoms with van der Waals surface area (Å²) in [5.41, 5.74) is 6.71. The van der Waals surface area contributed by atoms with Crippen LogP contribution in [0.2, 0.25) is 0 Å². The van der Waals surface area contributed by atoms with E-state index in [2.05, 4.69) is 46.6 Å². The van der Waals surface area contributed by atoms with Crippen LogP contribution >= 0.6 is 0 Å². The van der Waals surface area contributed by atoms with Crippen LogP contribution in [0.3, 0.4) is 0 Å². The Bertz CT molecular complexity index is 1190. The number of amides is 1. The summed E-state index contributed by atoms with van der Waals surface area (Å²) in [6, 6.07) is 16.7. The topological polar surface area (TPSA) is 50.2 Å². The van der Waals surface area contributed by atoms with Crippen LogP contribution in [0.4, 0.5) is 4.39 Å². The van der Waals surface area contributed by atoms with E-state index < -0.39 is 0 Å². The molecule has 0 radical (unpaired) electrons. The lowest BCUT2D eigenvalue weighted by Gasteiger charge is -2.56. The summed E-state index contributed by atoms with van der Waals surface area (Å²) in [6.07, 6.45) is 3.95. The summed E-state index contributed by atoms with van der Waals surface area (Å²) >= 11 is 0. The molecule has 1 atom stereocenters. The van der Waals surface area contributed by atoms with Crippen molar-refractivity contribution in [2.75, 3.05) is 20.1 Å². The number of aryl methyl sites for hydroxylation is 1. The number of aromatic nitrogens is 2. The maximum Gasteiger partial charge on any atom is 0.272 e. The Morgan fingerprint density at radius 2 is 1.61 bits per heavy atom. The first-order valence-electron chi connectivity index (χ1n) is 11.4. The SMILES string of the molecule is C[C@@H](NC(=O)c1ccn(C)n1)c1ccc(C(=C2CC3(C2)CN(C)C3)c2ccc(F)cc2)cc1. The fraction of sp³-hybridized carbons (Fsp3) is 0.333. The smallest absolute Gasteiger partial charge is 0.272 e. The zero-order valence-electron chi connectivity index (χ0n) is 19.3. The standard InChI is InChI=1S/C27H29FN4O/c1-18(29-26(33)24-12-13-32(3)30-24)19-4-6-20(7-5-19)25(21-8-10-23(28)11-9-21)22-14-27(15-22)16-31(2)17-27/h4-13,18H,14-17H2,1-3H3,(H,29,33)/t18-/m1/s1. The van der Waals surface area contributed by atoms with E-state index in [1.54, 1.807) is 24.0 Å². The first kappa shape index (κ1) is 21.6. The van der Waals surface area contributed by atoms with Crippen molar-refractivity contribution in [1.29, 1.82) is 0 Å². The van der Waals surface area contributed by atoms with Crippen LogP contribution in [0.5, 0.6) is 0 Å². The van der Waals surface area contributed by atoms with E-state index in [1.165, 1.54) is 23.3 Å². The second-order valence-electron chi connectivity index (χ2n) is 9.70. The number of allylic oxidation sites excluding steroid dienone is 1. The molecular weight excluding hydrogens is 415 g/mol. The highest BCUT2D eigenvalue weighted by molar-refractivity contribution is 5.92. The molecule has 1 spiro atoms. The van der Waals surface area contributed by atoms with Crippen molar-refractivity contribution in [1.82, 2.24) is 20.0 Å². The molecule has 2 fully saturated rings. The number of halogens is 1. The van der Waals surface area contributed by atoms with Gasteiger partial charge >= 0.3 is 0 Å². The number of hydrogen-bond acceptors (Lipinski definition) is 3. The fourth-order valence-corrected chi connectivity index (χ4v) is 5.37. The lowest BCUT2D eigenvalue weighted by atomic mass is 9.59. The summed E-state index contributed by atoms with van der Waals surface area (Å²) in [5.74, 6) is -0.409. The van der Waals surface area contributed by atoms with Crippen molar-refractivity contribution in [3.8, 4) is 0 Å². The van der Waals surface area contributed by atoms with Crippen LogP contribution in [0, 0.1) is 11.2 Å². The van der Waals surface area contributed by atoms with Gasteiger partial charge in [0.25, 0.3) is 5.91 Å². The van der Waals surface area contributed by atoms with E-state index in [-0.39, 0.29) is 17.8 Å². The normalized spacial score (nSPS) is 17.9. The molecule has 6 heteroatoms. The molecule has 3 aromatic rings. The van der Waals surface area contributed by atoms with Crippen molar-refractivity contribution >= 4 is 11.5 Å². The number of nitrogens with zero attached hydrogens (tertiary/aromatic N) is 3. The second-order valence-corrected chi connectivity index (χ2v) is 9.70. The average Bonchev–Trinajstić information content (AvgIpc) is 3.19. The van der Waals surface area contributed by atoms with Gasteiger partial charge in [0.05, 0.1) is 6.04 Å². The lowest BCUT2D eigenvalue weighted by molar-refractivity contribution is -0.0106. The molecule has 1 aliphatic heterocycles. The monoisotopic (exact) mass is 444 g/mol. The van der Waals surface area contributed by atoms with Gasteiger partial charge in [0.2, 0.25) is 0 Å². The number of carbonyl (C=O) groups is 1. The van der Waals surface area contributed by atoms with Crippen molar-refractivity contribution in [2.24, 2.45) is 12.5 Å². The van der Waals surface area contributed by atoms with E-state index in [9.17, 15) is 9.18 Å². The molecule has 33 heavy (non-hydrogen) atoms. The van der Waals surface area contributed by atoms with Crippen molar-refractivity contribution in [3.63, 3.8) is 0 Å². The van der Waals surface area contributed by atoms with Gasteiger partial charge < -0.3 is 10.2 Å². The molecule has 0 bridgehead atoms. The first-order valence-corrected chi connectivity index (χ1v) is 11.4. The molecule has 2 aromatic carbocycles. The van der Waals surface area contributed by atoms with Crippen molar-refractivity contribution in [2.45, 2.75) is 25.8 Å². The van der Waals surface area contributed by atoms with Gasteiger partial charge in [0.15, 0.2) is 0 Å². The van der Waals surface area contributed by atoms with Crippen LogP contribution < -0.4 is 5.32 Å². The highest BCUT2D eigenvalue weighted by Gasteiger charge is 2.49. The second kappa shape index (κ2) is 8.27. The van der Waals surface area contributed by atoms with E-state index in [4.69, 9.17) is 0 Å². The summed E-state index contributed by atoms with van der Waals surface area (Å²) in [6.45, 7) is 4.28. The Labute approximate surface area is 193 Å². The quantitative estimate of drug-likeness (QED) is 0.627. The molecule has 5 rings (SSSR count). The molecule has 1 N–H and O–H groups in total. The van der Waals surface area contributed by atoms with Crippen LogP contribution in [0.15, 0.2) is 66.4 Å². The molecule has 170 valence electrons. The fourth-order valence-electron chi connectivity index (χ4n) is 5.37. The summed E-state index contributed by atoms with van der Waals surface area (Å²) in [4.78, 5) is 14.8. The largest absolute Gasteiger partial charge is 0.344 e. The Morgan fingerprint density at radius 3 is 2.15 bits per heavy atom. The van der Waals surface area contributed by atoms with Gasteiger partial charge in [-0.3, -0.25) is 9.48 Å². The van der Waals surface area contributed by atoms with Crippen LogP contribution in [0.25, 0.3) is 5.57 Å². The number of likely N-dealkylation sites (tertiary alicyclic amines) is 1. The van der Waals surface area contributed by atoms with Crippen LogP contribution in [-0.4, -0.2) is 40.7 Å². The summed E-state index contributed by atoms with van der Waals surface area (Å²) in [7, 11) is 3.96. The third-order valence-corrected chi connectivity index (χ3v) is 6.87. The van der Waals surface area contributed by atoms with E-state index in [0.29, 0.717) is 11.1 Å². The number of carbonyl (C=O) groups excluding carboxylic acids is 1. The predicted molar refractivity (Wildman–Crippen MR) is 127 cm³/mol. The van der Waals surface area contributed by atoms with Crippen LogP contribution in [-0.2, 0) is 7.05 Å². The Morgan fingerprint density at radius 1 is 1.00 bits per heavy atom. The maximum atomic E-state index is 13.6. The molecular formula is C27H29FN4O. The molecule has 1 aromatic heterocycles. The zero-order valence-corrected chi connectivity index (χ0v) is 19.3. The van der Waals surface area contributed by atoms with E-state index in [1.807, 2.05) is 19.1 Å². The molecule has 5 nitrogen and oxygen atoms in total. The maximum absolute atomic E-state index is 13.6. The van der Waals surface area contributed by atoms with Crippen molar-refractivity contribution < 1.29 is 9.18 Å². The minimum atomic E-state index is -0.221. The molecule has 1 saturated carbocycles. The Balaban J connectivity index is 1.37. The van der Waals surface area contributed by atoms with Gasteiger partial charge in [-0.2, -0.15) is 5.10 Å². The molecule has 1 aliphatic carbocycles. The summed E-state index contributed by atoms with van der Waals surface area (Å²) < 4.78 is 15.2. The van der Waals surface area contributed by atoms with E-state index >= 15 is 0 Å². The number of rotatable bonds is 5. The number of nitrogens with one attached hydrogen (secondary N) is 1. The van der Waals surface area contributed by atoms with Crippen LogP contribution in [0.1, 0.15) is 53.0 Å². The lowest BCUT2D eigenvalue weighted by Crippen LogP contribution is -2.58. The molecule has 1 saturated heterocycles. The number of benzene rings is 2. The molecule has 1 amide bonds. The van der Waals surface area contributed by atoms with Gasteiger partial charge in [-0.1, -0.05) is 42.0 Å². The Hall–Kier alpha value is -3.25. The van der Waals surface area contributed by atoms with Crippen molar-refractivity contribution in [3.05, 3.63) is 94.6 Å². The van der Waals surface area contributed by atoms with Gasteiger partial charge in [0.1, 0.15) is 11.5 Å². The average molecular weight is 445 g/mol. The van der Waals surface area contributed by atoms with Gasteiger partial charge in [0, 0.05) is 31.7 Å². The minimum Gasteiger partial charge on any atom is -0.344 e. The third-order valence-electron chi connectivity index (χ3n) is 6.87. The third kappa shape index (κ3) is 4.23. The zero-order chi connectivity index (χ0) is 23.2. The molecule has 0 unspecified atom stereocenters. The van der Waals surface area contributed by atoms with Gasteiger partial charge in [-0.25, -0.2) is 4.39 Å². The predicted octanol–water partition coefficient (Wildman–Crippen LogP) is 4.58. The van der Waals surface area contributed by atoms with E-state index in [0.717, 1.165) is 42.6 Å². The summed E-state index contributed by atoms with van der Waals surface area (Å²) in [5, 5.41) is 7.18.